The van der Waals surface area contributed by atoms with Crippen molar-refractivity contribution in [3.8, 4) is 0 Å². The number of carbonyl (C=O) groups excluding carboxylic acids is 1. The highest BCUT2D eigenvalue weighted by atomic mass is 32.2. The first kappa shape index (κ1) is 14.5. The van der Waals surface area contributed by atoms with Crippen molar-refractivity contribution in [3.63, 3.8) is 0 Å². The number of hydrogen-bond acceptors (Lipinski definition) is 6. The summed E-state index contributed by atoms with van der Waals surface area (Å²) in [5.74, 6) is 0.375. The van der Waals surface area contributed by atoms with E-state index in [9.17, 15) is 4.79 Å². The Kier molecular flexibility index (Phi) is 4.52. The summed E-state index contributed by atoms with van der Waals surface area (Å²) in [5, 5.41) is 8.89. The van der Waals surface area contributed by atoms with Crippen molar-refractivity contribution in [1.29, 1.82) is 0 Å². The maximum Gasteiger partial charge on any atom is 0.230 e. The van der Waals surface area contributed by atoms with Crippen molar-refractivity contribution in [2.45, 2.75) is 18.0 Å². The molecule has 1 amide bonds. The summed E-state index contributed by atoms with van der Waals surface area (Å²) in [6, 6.07) is 6.06. The zero-order valence-electron chi connectivity index (χ0n) is 11.3. The van der Waals surface area contributed by atoms with Crippen LogP contribution in [0.15, 0.2) is 40.3 Å². The van der Waals surface area contributed by atoms with Crippen LogP contribution in [0.5, 0.6) is 0 Å². The molecule has 0 aliphatic heterocycles. The van der Waals surface area contributed by atoms with Gasteiger partial charge in [0.15, 0.2) is 0 Å². The quantitative estimate of drug-likeness (QED) is 0.570. The molecule has 7 heteroatoms. The lowest BCUT2D eigenvalue weighted by molar-refractivity contribution is -0.119. The molecule has 3 heterocycles. The lowest BCUT2D eigenvalue weighted by Gasteiger charge is -2.11. The van der Waals surface area contributed by atoms with Gasteiger partial charge in [0.1, 0.15) is 16.2 Å². The van der Waals surface area contributed by atoms with E-state index in [0.29, 0.717) is 5.75 Å². The number of aromatic nitrogens is 2. The Morgan fingerprint density at radius 2 is 2.24 bits per heavy atom. The second kappa shape index (κ2) is 6.55. The zero-order valence-corrected chi connectivity index (χ0v) is 13.7. The van der Waals surface area contributed by atoms with Gasteiger partial charge in [0.05, 0.1) is 11.8 Å². The van der Waals surface area contributed by atoms with Gasteiger partial charge >= 0.3 is 0 Å². The van der Waals surface area contributed by atoms with Crippen molar-refractivity contribution < 1.29 is 4.79 Å². The first-order chi connectivity index (χ1) is 10.2. The van der Waals surface area contributed by atoms with E-state index in [2.05, 4.69) is 15.3 Å². The zero-order chi connectivity index (χ0) is 14.7. The molecule has 0 saturated heterocycles. The fraction of sp³-hybridized carbons (Fsp3) is 0.214. The molecule has 0 fully saturated rings. The maximum atomic E-state index is 12.0. The molecule has 0 aliphatic rings. The second-order valence-corrected chi connectivity index (χ2v) is 7.25. The van der Waals surface area contributed by atoms with Crippen LogP contribution >= 0.6 is 34.4 Å². The number of carbonyl (C=O) groups is 1. The maximum absolute atomic E-state index is 12.0. The van der Waals surface area contributed by atoms with Gasteiger partial charge < -0.3 is 5.32 Å². The van der Waals surface area contributed by atoms with Gasteiger partial charge in [0, 0.05) is 10.3 Å². The largest absolute Gasteiger partial charge is 0.348 e. The van der Waals surface area contributed by atoms with Crippen molar-refractivity contribution >= 4 is 50.6 Å². The lowest BCUT2D eigenvalue weighted by atomic mass is 10.3. The van der Waals surface area contributed by atoms with E-state index in [0.717, 1.165) is 20.1 Å². The van der Waals surface area contributed by atoms with E-state index in [1.54, 1.807) is 29.0 Å². The fourth-order valence-electron chi connectivity index (χ4n) is 1.91. The molecular formula is C14H13N3OS3. The number of rotatable bonds is 5. The summed E-state index contributed by atoms with van der Waals surface area (Å²) < 4.78 is 0. The Morgan fingerprint density at radius 1 is 1.33 bits per heavy atom. The van der Waals surface area contributed by atoms with Gasteiger partial charge in [-0.25, -0.2) is 9.97 Å². The molecule has 3 aromatic rings. The van der Waals surface area contributed by atoms with Gasteiger partial charge in [-0.3, -0.25) is 4.79 Å². The SMILES string of the molecule is C[C@H](NC(=O)CSc1ncnc2sccc12)c1cccs1. The van der Waals surface area contributed by atoms with E-state index in [4.69, 9.17) is 0 Å². The Bertz CT molecular complexity index is 739. The highest BCUT2D eigenvalue weighted by Crippen LogP contribution is 2.27. The van der Waals surface area contributed by atoms with Crippen LogP contribution in [0, 0.1) is 0 Å². The number of nitrogens with one attached hydrogen (secondary N) is 1. The summed E-state index contributed by atoms with van der Waals surface area (Å²) in [6.07, 6.45) is 1.55. The molecule has 3 rings (SSSR count). The minimum atomic E-state index is 0.0166. The van der Waals surface area contributed by atoms with E-state index in [-0.39, 0.29) is 11.9 Å². The highest BCUT2D eigenvalue weighted by Gasteiger charge is 2.12. The minimum absolute atomic E-state index is 0.0166. The van der Waals surface area contributed by atoms with E-state index >= 15 is 0 Å². The van der Waals surface area contributed by atoms with Crippen LogP contribution < -0.4 is 5.32 Å². The first-order valence-corrected chi connectivity index (χ1v) is 9.12. The third-order valence-corrected chi connectivity index (χ3v) is 5.79. The summed E-state index contributed by atoms with van der Waals surface area (Å²) in [4.78, 5) is 22.6. The Balaban J connectivity index is 1.60. The summed E-state index contributed by atoms with van der Waals surface area (Å²) >= 11 is 4.68. The van der Waals surface area contributed by atoms with E-state index < -0.39 is 0 Å². The van der Waals surface area contributed by atoms with E-state index in [1.807, 2.05) is 35.9 Å². The summed E-state index contributed by atoms with van der Waals surface area (Å²) in [6.45, 7) is 2.00. The Hall–Kier alpha value is -1.44. The molecule has 0 aliphatic carbocycles. The average Bonchev–Trinajstić information content (AvgIpc) is 3.15. The molecule has 4 nitrogen and oxygen atoms in total. The van der Waals surface area contributed by atoms with Crippen LogP contribution in [-0.2, 0) is 4.79 Å². The van der Waals surface area contributed by atoms with Crippen molar-refractivity contribution in [3.05, 3.63) is 40.2 Å². The third-order valence-electron chi connectivity index (χ3n) is 2.91. The smallest absolute Gasteiger partial charge is 0.230 e. The molecule has 108 valence electrons. The van der Waals surface area contributed by atoms with Gasteiger partial charge in [-0.1, -0.05) is 17.8 Å². The molecule has 0 spiro atoms. The van der Waals surface area contributed by atoms with Gasteiger partial charge in [0.2, 0.25) is 5.91 Å². The highest BCUT2D eigenvalue weighted by molar-refractivity contribution is 8.00. The second-order valence-electron chi connectivity index (χ2n) is 4.41. The van der Waals surface area contributed by atoms with Gasteiger partial charge in [0.25, 0.3) is 0 Å². The molecule has 0 saturated carbocycles. The van der Waals surface area contributed by atoms with Gasteiger partial charge in [-0.05, 0) is 29.8 Å². The van der Waals surface area contributed by atoms with Crippen LogP contribution in [0.2, 0.25) is 0 Å². The molecule has 3 aromatic heterocycles. The van der Waals surface area contributed by atoms with Crippen molar-refractivity contribution in [2.24, 2.45) is 0 Å². The van der Waals surface area contributed by atoms with Crippen molar-refractivity contribution in [1.82, 2.24) is 15.3 Å². The summed E-state index contributed by atoms with van der Waals surface area (Å²) in [7, 11) is 0. The van der Waals surface area contributed by atoms with Gasteiger partial charge in [-0.2, -0.15) is 0 Å². The molecule has 1 atom stereocenters. The average molecular weight is 335 g/mol. The number of thioether (sulfide) groups is 1. The van der Waals surface area contributed by atoms with Crippen molar-refractivity contribution in [2.75, 3.05) is 5.75 Å². The molecule has 0 unspecified atom stereocenters. The molecule has 0 radical (unpaired) electrons. The van der Waals surface area contributed by atoms with Crippen LogP contribution in [0.25, 0.3) is 10.2 Å². The molecule has 0 aromatic carbocycles. The van der Waals surface area contributed by atoms with E-state index in [1.165, 1.54) is 11.8 Å². The number of nitrogens with zero attached hydrogens (tertiary/aromatic N) is 2. The normalized spacial score (nSPS) is 12.4. The minimum Gasteiger partial charge on any atom is -0.348 e. The molecule has 21 heavy (non-hydrogen) atoms. The summed E-state index contributed by atoms with van der Waals surface area (Å²) in [5.41, 5.74) is 0. The standard InChI is InChI=1S/C14H13N3OS3/c1-9(11-3-2-5-19-11)17-12(18)7-21-14-10-4-6-20-13(10)15-8-16-14/h2-6,8-9H,7H2,1H3,(H,17,18)/t9-/m0/s1. The van der Waals surface area contributed by atoms with Gasteiger partial charge in [-0.15, -0.1) is 22.7 Å². The van der Waals surface area contributed by atoms with Crippen LogP contribution in [-0.4, -0.2) is 21.6 Å². The Morgan fingerprint density at radius 3 is 3.05 bits per heavy atom. The number of thiophene rings is 2. The van der Waals surface area contributed by atoms with Crippen LogP contribution in [0.3, 0.4) is 0 Å². The first-order valence-electron chi connectivity index (χ1n) is 6.38. The monoisotopic (exact) mass is 335 g/mol. The predicted molar refractivity (Wildman–Crippen MR) is 89.0 cm³/mol. The van der Waals surface area contributed by atoms with Crippen LogP contribution in [0.1, 0.15) is 17.8 Å². The third kappa shape index (κ3) is 3.42. The fourth-order valence-corrected chi connectivity index (χ4v) is 4.23. The van der Waals surface area contributed by atoms with Crippen LogP contribution in [0.4, 0.5) is 0 Å². The number of hydrogen-bond donors (Lipinski definition) is 1. The molecular weight excluding hydrogens is 322 g/mol. The molecule has 0 bridgehead atoms. The molecule has 1 N–H and O–H groups in total. The topological polar surface area (TPSA) is 54.9 Å². The lowest BCUT2D eigenvalue weighted by Crippen LogP contribution is -2.27. The predicted octanol–water partition coefficient (Wildman–Crippen LogP) is 3.72. The Labute approximate surface area is 134 Å². The number of fused-ring (bicyclic) bond motifs is 1. The number of amides is 1.